The standard InChI is InChI=1S/C14H14N2O4S2/c1-9-8-16(12-4-2-3-5-13(12)21-9)22(19,20)10-6-11(14(17)18)15-7-10/h2-7,9,15H,8H2,1H3,(H,17,18). The molecule has 1 unspecified atom stereocenters. The van der Waals surface area contributed by atoms with E-state index in [0.29, 0.717) is 12.2 Å². The minimum absolute atomic E-state index is 0.0428. The van der Waals surface area contributed by atoms with Gasteiger partial charge < -0.3 is 10.1 Å². The van der Waals surface area contributed by atoms with Gasteiger partial charge in [-0.2, -0.15) is 0 Å². The van der Waals surface area contributed by atoms with E-state index in [9.17, 15) is 13.2 Å². The van der Waals surface area contributed by atoms with Crippen LogP contribution < -0.4 is 4.31 Å². The Morgan fingerprint density at radius 2 is 2.14 bits per heavy atom. The second kappa shape index (κ2) is 5.36. The van der Waals surface area contributed by atoms with Crippen LogP contribution in [0.1, 0.15) is 17.4 Å². The van der Waals surface area contributed by atoms with Gasteiger partial charge in [-0.15, -0.1) is 11.8 Å². The number of para-hydroxylation sites is 1. The van der Waals surface area contributed by atoms with Crippen molar-refractivity contribution >= 4 is 33.4 Å². The van der Waals surface area contributed by atoms with Gasteiger partial charge in [0.05, 0.1) is 5.69 Å². The molecule has 0 saturated heterocycles. The van der Waals surface area contributed by atoms with Crippen molar-refractivity contribution < 1.29 is 18.3 Å². The number of aromatic amines is 1. The van der Waals surface area contributed by atoms with Crippen LogP contribution in [-0.4, -0.2) is 36.3 Å². The zero-order valence-electron chi connectivity index (χ0n) is 11.7. The van der Waals surface area contributed by atoms with E-state index in [4.69, 9.17) is 5.11 Å². The molecule has 0 spiro atoms. The van der Waals surface area contributed by atoms with Gasteiger partial charge in [0.25, 0.3) is 10.0 Å². The Morgan fingerprint density at radius 1 is 1.41 bits per heavy atom. The molecule has 6 nitrogen and oxygen atoms in total. The first-order valence-corrected chi connectivity index (χ1v) is 8.91. The van der Waals surface area contributed by atoms with Gasteiger partial charge in [0, 0.05) is 22.9 Å². The molecule has 2 heterocycles. The largest absolute Gasteiger partial charge is 0.477 e. The van der Waals surface area contributed by atoms with Crippen LogP contribution >= 0.6 is 11.8 Å². The van der Waals surface area contributed by atoms with E-state index >= 15 is 0 Å². The minimum Gasteiger partial charge on any atom is -0.477 e. The lowest BCUT2D eigenvalue weighted by Crippen LogP contribution is -2.38. The first-order valence-electron chi connectivity index (χ1n) is 6.60. The number of aromatic carboxylic acids is 1. The molecule has 1 atom stereocenters. The van der Waals surface area contributed by atoms with E-state index in [1.165, 1.54) is 10.5 Å². The third-order valence-electron chi connectivity index (χ3n) is 3.36. The maximum absolute atomic E-state index is 12.8. The van der Waals surface area contributed by atoms with Gasteiger partial charge in [-0.25, -0.2) is 13.2 Å². The number of hydrogen-bond acceptors (Lipinski definition) is 4. The summed E-state index contributed by atoms with van der Waals surface area (Å²) in [6.07, 6.45) is 1.22. The van der Waals surface area contributed by atoms with E-state index < -0.39 is 16.0 Å². The lowest BCUT2D eigenvalue weighted by Gasteiger charge is -2.33. The van der Waals surface area contributed by atoms with Gasteiger partial charge in [0.2, 0.25) is 0 Å². The molecule has 8 heteroatoms. The summed E-state index contributed by atoms with van der Waals surface area (Å²) in [6.45, 7) is 2.31. The molecule has 1 aliphatic rings. The molecule has 3 rings (SSSR count). The number of carbonyl (C=O) groups is 1. The van der Waals surface area contributed by atoms with Gasteiger partial charge in [-0.1, -0.05) is 19.1 Å². The average Bonchev–Trinajstić information content (AvgIpc) is 2.97. The first kappa shape index (κ1) is 15.0. The number of anilines is 1. The number of sulfonamides is 1. The summed E-state index contributed by atoms with van der Waals surface area (Å²) < 4.78 is 27.0. The molecule has 1 aromatic carbocycles. The number of nitrogens with one attached hydrogen (secondary N) is 1. The highest BCUT2D eigenvalue weighted by Gasteiger charge is 2.33. The Hall–Kier alpha value is -1.93. The summed E-state index contributed by atoms with van der Waals surface area (Å²) in [6, 6.07) is 8.45. The van der Waals surface area contributed by atoms with Crippen molar-refractivity contribution in [2.24, 2.45) is 0 Å². The number of H-pyrrole nitrogens is 1. The number of carboxylic acids is 1. The molecule has 2 aromatic rings. The van der Waals surface area contributed by atoms with Crippen LogP contribution in [0.15, 0.2) is 46.3 Å². The highest BCUT2D eigenvalue weighted by atomic mass is 32.2. The van der Waals surface area contributed by atoms with Crippen molar-refractivity contribution in [1.29, 1.82) is 0 Å². The fourth-order valence-corrected chi connectivity index (χ4v) is 5.18. The zero-order valence-corrected chi connectivity index (χ0v) is 13.3. The molecule has 0 aliphatic carbocycles. The van der Waals surface area contributed by atoms with E-state index in [0.717, 1.165) is 11.0 Å². The normalized spacial score (nSPS) is 18.0. The molecule has 1 aliphatic heterocycles. The predicted octanol–water partition coefficient (Wildman–Crippen LogP) is 2.40. The lowest BCUT2D eigenvalue weighted by atomic mass is 10.3. The van der Waals surface area contributed by atoms with Crippen LogP contribution in [0.4, 0.5) is 5.69 Å². The van der Waals surface area contributed by atoms with Crippen molar-refractivity contribution in [3.8, 4) is 0 Å². The van der Waals surface area contributed by atoms with Crippen LogP contribution in [0.5, 0.6) is 0 Å². The van der Waals surface area contributed by atoms with E-state index in [2.05, 4.69) is 4.98 Å². The van der Waals surface area contributed by atoms with Gasteiger partial charge in [-0.3, -0.25) is 4.31 Å². The van der Waals surface area contributed by atoms with Gasteiger partial charge in [0.15, 0.2) is 0 Å². The summed E-state index contributed by atoms with van der Waals surface area (Å²) in [7, 11) is -3.80. The van der Waals surface area contributed by atoms with Gasteiger partial charge in [-0.05, 0) is 18.2 Å². The SMILES string of the molecule is CC1CN(S(=O)(=O)c2c[nH]c(C(=O)O)c2)c2ccccc2S1. The van der Waals surface area contributed by atoms with Crippen molar-refractivity contribution in [3.63, 3.8) is 0 Å². The Bertz CT molecular complexity index is 829. The summed E-state index contributed by atoms with van der Waals surface area (Å²) in [5.74, 6) is -1.19. The number of aromatic nitrogens is 1. The van der Waals surface area contributed by atoms with E-state index in [1.807, 2.05) is 19.1 Å². The maximum atomic E-state index is 12.8. The van der Waals surface area contributed by atoms with Crippen LogP contribution in [0.25, 0.3) is 0 Å². The number of benzene rings is 1. The number of rotatable bonds is 3. The summed E-state index contributed by atoms with van der Waals surface area (Å²) >= 11 is 1.63. The second-order valence-corrected chi connectivity index (χ2v) is 8.33. The molecule has 116 valence electrons. The minimum atomic E-state index is -3.80. The number of nitrogens with zero attached hydrogens (tertiary/aromatic N) is 1. The summed E-state index contributed by atoms with van der Waals surface area (Å²) in [4.78, 5) is 14.3. The van der Waals surface area contributed by atoms with Crippen LogP contribution in [0.2, 0.25) is 0 Å². The highest BCUT2D eigenvalue weighted by Crippen LogP contribution is 2.40. The molecule has 0 fully saturated rings. The molecular weight excluding hydrogens is 324 g/mol. The molecular formula is C14H14N2O4S2. The molecule has 0 amide bonds. The Morgan fingerprint density at radius 3 is 2.82 bits per heavy atom. The Kier molecular flexibility index (Phi) is 3.65. The van der Waals surface area contributed by atoms with Crippen molar-refractivity contribution in [2.45, 2.75) is 22.0 Å². The fraction of sp³-hybridized carbons (Fsp3) is 0.214. The zero-order chi connectivity index (χ0) is 15.9. The molecule has 22 heavy (non-hydrogen) atoms. The first-order chi connectivity index (χ1) is 10.4. The molecule has 0 radical (unpaired) electrons. The number of carboxylic acid groups (broad SMARTS) is 1. The summed E-state index contributed by atoms with van der Waals surface area (Å²) in [5.41, 5.74) is 0.481. The third kappa shape index (κ3) is 2.48. The highest BCUT2D eigenvalue weighted by molar-refractivity contribution is 8.00. The van der Waals surface area contributed by atoms with Crippen molar-refractivity contribution in [2.75, 3.05) is 10.8 Å². The summed E-state index contributed by atoms with van der Waals surface area (Å²) in [5, 5.41) is 9.04. The molecule has 0 bridgehead atoms. The van der Waals surface area contributed by atoms with Crippen molar-refractivity contribution in [1.82, 2.24) is 4.98 Å². The van der Waals surface area contributed by atoms with Crippen LogP contribution in [0, 0.1) is 0 Å². The van der Waals surface area contributed by atoms with E-state index in [-0.39, 0.29) is 15.8 Å². The molecule has 1 aromatic heterocycles. The quantitative estimate of drug-likeness (QED) is 0.897. The maximum Gasteiger partial charge on any atom is 0.352 e. The van der Waals surface area contributed by atoms with Gasteiger partial charge in [0.1, 0.15) is 10.6 Å². The van der Waals surface area contributed by atoms with Crippen molar-refractivity contribution in [3.05, 3.63) is 42.2 Å². The topological polar surface area (TPSA) is 90.5 Å². The number of thioether (sulfide) groups is 1. The second-order valence-electron chi connectivity index (χ2n) is 4.99. The number of hydrogen-bond donors (Lipinski definition) is 2. The third-order valence-corrected chi connectivity index (χ3v) is 6.27. The van der Waals surface area contributed by atoms with Gasteiger partial charge >= 0.3 is 5.97 Å². The molecule has 2 N–H and O–H groups in total. The predicted molar refractivity (Wildman–Crippen MR) is 84.0 cm³/mol. The Balaban J connectivity index is 2.07. The average molecular weight is 338 g/mol. The molecule has 0 saturated carbocycles. The smallest absolute Gasteiger partial charge is 0.352 e. The van der Waals surface area contributed by atoms with Crippen LogP contribution in [0.3, 0.4) is 0 Å². The van der Waals surface area contributed by atoms with Crippen LogP contribution in [-0.2, 0) is 10.0 Å². The lowest BCUT2D eigenvalue weighted by molar-refractivity contribution is 0.0691. The van der Waals surface area contributed by atoms with E-state index in [1.54, 1.807) is 23.9 Å². The number of fused-ring (bicyclic) bond motifs is 1. The monoisotopic (exact) mass is 338 g/mol. The Labute approximate surface area is 132 Å². The fourth-order valence-electron chi connectivity index (χ4n) is 2.35.